The van der Waals surface area contributed by atoms with E-state index in [1.54, 1.807) is 4.90 Å². The predicted molar refractivity (Wildman–Crippen MR) is 70.7 cm³/mol. The van der Waals surface area contributed by atoms with Crippen LogP contribution in [0.2, 0.25) is 0 Å². The molecule has 1 N–H and O–H groups in total. The van der Waals surface area contributed by atoms with Crippen molar-refractivity contribution in [1.29, 1.82) is 0 Å². The van der Waals surface area contributed by atoms with Crippen LogP contribution in [-0.4, -0.2) is 36.4 Å². The highest BCUT2D eigenvalue weighted by molar-refractivity contribution is 5.92. The van der Waals surface area contributed by atoms with E-state index in [0.29, 0.717) is 0 Å². The smallest absolute Gasteiger partial charge is 0.325 e. The van der Waals surface area contributed by atoms with E-state index >= 15 is 0 Å². The molecule has 122 valence electrons. The third-order valence-corrected chi connectivity index (χ3v) is 3.43. The van der Waals surface area contributed by atoms with E-state index in [4.69, 9.17) is 0 Å². The summed E-state index contributed by atoms with van der Waals surface area (Å²) >= 11 is 0. The lowest BCUT2D eigenvalue weighted by Gasteiger charge is -2.31. The van der Waals surface area contributed by atoms with Crippen molar-refractivity contribution in [3.05, 3.63) is 29.8 Å². The topological polar surface area (TPSA) is 32.3 Å². The van der Waals surface area contributed by atoms with E-state index < -0.39 is 23.6 Å². The first-order valence-electron chi connectivity index (χ1n) is 6.73. The summed E-state index contributed by atoms with van der Waals surface area (Å²) in [5.41, 5.74) is -0.829. The monoisotopic (exact) mass is 322 g/mol. The summed E-state index contributed by atoms with van der Waals surface area (Å²) in [6.07, 6.45) is -5.12. The zero-order valence-electron chi connectivity index (χ0n) is 11.6. The van der Waals surface area contributed by atoms with Gasteiger partial charge in [0, 0.05) is 31.6 Å². The molecule has 0 atom stereocenters. The van der Waals surface area contributed by atoms with Gasteiger partial charge in [0.1, 0.15) is 0 Å². The Bertz CT molecular complexity index is 534. The number of alkyl halides is 5. The molecular weight excluding hydrogens is 307 g/mol. The van der Waals surface area contributed by atoms with Gasteiger partial charge in [-0.1, -0.05) is 6.07 Å². The van der Waals surface area contributed by atoms with Gasteiger partial charge in [-0.15, -0.1) is 0 Å². The number of carbonyl (C=O) groups is 1. The first-order valence-corrected chi connectivity index (χ1v) is 6.73. The van der Waals surface area contributed by atoms with Gasteiger partial charge in [0.15, 0.2) is 0 Å². The van der Waals surface area contributed by atoms with Gasteiger partial charge < -0.3 is 5.32 Å². The van der Waals surface area contributed by atoms with Gasteiger partial charge in [-0.25, -0.2) is 8.78 Å². The van der Waals surface area contributed by atoms with Crippen molar-refractivity contribution in [3.63, 3.8) is 0 Å². The molecule has 1 fully saturated rings. The molecule has 3 nitrogen and oxygen atoms in total. The molecule has 1 heterocycles. The van der Waals surface area contributed by atoms with Gasteiger partial charge >= 0.3 is 6.18 Å². The maximum absolute atomic E-state index is 13.0. The van der Waals surface area contributed by atoms with Crippen LogP contribution in [0.3, 0.4) is 0 Å². The molecule has 1 aromatic rings. The van der Waals surface area contributed by atoms with Crippen LogP contribution < -0.4 is 5.32 Å². The fourth-order valence-corrected chi connectivity index (χ4v) is 2.22. The normalized spacial score (nSPS) is 19.0. The molecule has 1 aliphatic heterocycles. The van der Waals surface area contributed by atoms with Gasteiger partial charge in [0.05, 0.1) is 12.1 Å². The standard InChI is InChI=1S/C14H15F5N2O/c15-13(16)4-6-21(7-5-13)9-12(22)20-11-3-1-2-10(8-11)14(17,18)19/h1-3,8H,4-7,9H2,(H,20,22). The summed E-state index contributed by atoms with van der Waals surface area (Å²) in [7, 11) is 0. The first kappa shape index (κ1) is 16.7. The lowest BCUT2D eigenvalue weighted by Crippen LogP contribution is -2.42. The molecule has 1 aromatic carbocycles. The second-order valence-electron chi connectivity index (χ2n) is 5.26. The van der Waals surface area contributed by atoms with Crippen molar-refractivity contribution < 1.29 is 26.7 Å². The van der Waals surface area contributed by atoms with Gasteiger partial charge in [0.2, 0.25) is 5.91 Å². The number of benzene rings is 1. The minimum atomic E-state index is -4.49. The van der Waals surface area contributed by atoms with Crippen molar-refractivity contribution >= 4 is 11.6 Å². The summed E-state index contributed by atoms with van der Waals surface area (Å²) in [6.45, 7) is 0.0539. The Morgan fingerprint density at radius 3 is 2.45 bits per heavy atom. The maximum Gasteiger partial charge on any atom is 0.416 e. The number of hydrogen-bond acceptors (Lipinski definition) is 2. The van der Waals surface area contributed by atoms with Crippen molar-refractivity contribution in [2.75, 3.05) is 25.0 Å². The molecule has 1 amide bonds. The second-order valence-corrected chi connectivity index (χ2v) is 5.26. The lowest BCUT2D eigenvalue weighted by molar-refractivity contribution is -0.137. The van der Waals surface area contributed by atoms with Crippen LogP contribution in [0, 0.1) is 0 Å². The molecule has 0 aromatic heterocycles. The Balaban J connectivity index is 1.90. The Morgan fingerprint density at radius 2 is 1.86 bits per heavy atom. The molecule has 0 bridgehead atoms. The number of anilines is 1. The van der Waals surface area contributed by atoms with Crippen LogP contribution >= 0.6 is 0 Å². The molecular formula is C14H15F5N2O. The minimum absolute atomic E-state index is 0.0298. The SMILES string of the molecule is O=C(CN1CCC(F)(F)CC1)Nc1cccc(C(F)(F)F)c1. The number of amides is 1. The third kappa shape index (κ3) is 4.66. The molecule has 1 saturated heterocycles. The van der Waals surface area contributed by atoms with E-state index in [1.807, 2.05) is 0 Å². The number of hydrogen-bond donors (Lipinski definition) is 1. The van der Waals surface area contributed by atoms with E-state index in [1.165, 1.54) is 12.1 Å². The van der Waals surface area contributed by atoms with Crippen molar-refractivity contribution in [2.24, 2.45) is 0 Å². The maximum atomic E-state index is 13.0. The molecule has 2 rings (SSSR count). The highest BCUT2D eigenvalue weighted by Gasteiger charge is 2.34. The summed E-state index contributed by atoms with van der Waals surface area (Å²) < 4.78 is 63.6. The number of rotatable bonds is 3. The fourth-order valence-electron chi connectivity index (χ4n) is 2.22. The molecule has 22 heavy (non-hydrogen) atoms. The van der Waals surface area contributed by atoms with Gasteiger partial charge in [0.25, 0.3) is 5.92 Å². The van der Waals surface area contributed by atoms with E-state index in [9.17, 15) is 26.7 Å². The number of piperidine rings is 1. The second kappa shape index (κ2) is 6.20. The largest absolute Gasteiger partial charge is 0.416 e. The Morgan fingerprint density at radius 1 is 1.23 bits per heavy atom. The first-order chi connectivity index (χ1) is 10.2. The van der Waals surface area contributed by atoms with Gasteiger partial charge in [-0.05, 0) is 18.2 Å². The summed E-state index contributed by atoms with van der Waals surface area (Å²) in [5, 5.41) is 2.35. The van der Waals surface area contributed by atoms with E-state index in [2.05, 4.69) is 5.32 Å². The number of carbonyl (C=O) groups excluding carboxylic acids is 1. The average molecular weight is 322 g/mol. The van der Waals surface area contributed by atoms with Gasteiger partial charge in [-0.2, -0.15) is 13.2 Å². The van der Waals surface area contributed by atoms with Crippen molar-refractivity contribution in [1.82, 2.24) is 4.90 Å². The Labute approximate surface area is 124 Å². The number of nitrogens with one attached hydrogen (secondary N) is 1. The molecule has 8 heteroatoms. The highest BCUT2D eigenvalue weighted by Crippen LogP contribution is 2.31. The van der Waals surface area contributed by atoms with Crippen molar-refractivity contribution in [2.45, 2.75) is 24.9 Å². The molecule has 0 unspecified atom stereocenters. The number of likely N-dealkylation sites (tertiary alicyclic amines) is 1. The zero-order chi connectivity index (χ0) is 16.4. The molecule has 0 aliphatic carbocycles. The molecule has 0 spiro atoms. The zero-order valence-corrected chi connectivity index (χ0v) is 11.6. The van der Waals surface area contributed by atoms with Gasteiger partial charge in [-0.3, -0.25) is 9.69 Å². The fraction of sp³-hybridized carbons (Fsp3) is 0.500. The average Bonchev–Trinajstić information content (AvgIpc) is 2.40. The van der Waals surface area contributed by atoms with E-state index in [-0.39, 0.29) is 38.2 Å². The minimum Gasteiger partial charge on any atom is -0.325 e. The summed E-state index contributed by atoms with van der Waals surface area (Å²) in [6, 6.07) is 4.28. The van der Waals surface area contributed by atoms with E-state index in [0.717, 1.165) is 12.1 Å². The quantitative estimate of drug-likeness (QED) is 0.866. The van der Waals surface area contributed by atoms with Crippen LogP contribution in [0.25, 0.3) is 0 Å². The number of halogens is 5. The van der Waals surface area contributed by atoms with Crippen LogP contribution in [0.5, 0.6) is 0 Å². The Kier molecular flexibility index (Phi) is 4.69. The van der Waals surface area contributed by atoms with Crippen LogP contribution in [0.4, 0.5) is 27.6 Å². The highest BCUT2D eigenvalue weighted by atomic mass is 19.4. The molecule has 0 saturated carbocycles. The van der Waals surface area contributed by atoms with Crippen molar-refractivity contribution in [3.8, 4) is 0 Å². The number of nitrogens with zero attached hydrogens (tertiary/aromatic N) is 1. The van der Waals surface area contributed by atoms with Crippen LogP contribution in [-0.2, 0) is 11.0 Å². The molecule has 0 radical (unpaired) electrons. The van der Waals surface area contributed by atoms with Crippen LogP contribution in [0.15, 0.2) is 24.3 Å². The lowest BCUT2D eigenvalue weighted by atomic mass is 10.1. The predicted octanol–water partition coefficient (Wildman–Crippen LogP) is 3.38. The summed E-state index contributed by atoms with van der Waals surface area (Å²) in [4.78, 5) is 13.3. The molecule has 1 aliphatic rings. The third-order valence-electron chi connectivity index (χ3n) is 3.43. The summed E-state index contributed by atoms with van der Waals surface area (Å²) in [5.74, 6) is -3.22. The van der Waals surface area contributed by atoms with Crippen LogP contribution in [0.1, 0.15) is 18.4 Å². The Hall–Kier alpha value is -1.70.